The van der Waals surface area contributed by atoms with Crippen LogP contribution >= 0.6 is 0 Å². The summed E-state index contributed by atoms with van der Waals surface area (Å²) in [5.41, 5.74) is 3.53. The van der Waals surface area contributed by atoms with Crippen LogP contribution in [0.1, 0.15) is 34.4 Å². The van der Waals surface area contributed by atoms with Gasteiger partial charge in [-0.3, -0.25) is 4.79 Å². The van der Waals surface area contributed by atoms with Crippen LogP contribution in [0.5, 0.6) is 0 Å². The number of hydrogen-bond donors (Lipinski definition) is 1. The van der Waals surface area contributed by atoms with E-state index in [1.54, 1.807) is 10.9 Å². The van der Waals surface area contributed by atoms with Gasteiger partial charge >= 0.3 is 0 Å². The number of amides is 1. The molecule has 0 fully saturated rings. The van der Waals surface area contributed by atoms with E-state index in [0.717, 1.165) is 34.7 Å². The SMILES string of the molecule is CCc1cc(C)c(C(=O)Nc2ccc(-n3cccn3)cc2C)o1. The summed E-state index contributed by atoms with van der Waals surface area (Å²) in [6.07, 6.45) is 4.38. The number of hydrogen-bond acceptors (Lipinski definition) is 3. The second kappa shape index (κ2) is 6.12. The van der Waals surface area contributed by atoms with Gasteiger partial charge in [-0.25, -0.2) is 4.68 Å². The van der Waals surface area contributed by atoms with E-state index in [1.807, 2.05) is 57.3 Å². The molecule has 5 nitrogen and oxygen atoms in total. The van der Waals surface area contributed by atoms with Crippen molar-refractivity contribution in [3.8, 4) is 5.69 Å². The van der Waals surface area contributed by atoms with Crippen LogP contribution in [0.3, 0.4) is 0 Å². The fourth-order valence-electron chi connectivity index (χ4n) is 2.48. The van der Waals surface area contributed by atoms with Crippen LogP contribution < -0.4 is 5.32 Å². The zero-order chi connectivity index (χ0) is 16.4. The van der Waals surface area contributed by atoms with E-state index < -0.39 is 0 Å². The summed E-state index contributed by atoms with van der Waals surface area (Å²) < 4.78 is 7.37. The molecule has 0 aliphatic carbocycles. The minimum absolute atomic E-state index is 0.225. The van der Waals surface area contributed by atoms with Gasteiger partial charge in [0.2, 0.25) is 0 Å². The Bertz CT molecular complexity index is 832. The molecular weight excluding hydrogens is 290 g/mol. The summed E-state index contributed by atoms with van der Waals surface area (Å²) in [5.74, 6) is 0.966. The van der Waals surface area contributed by atoms with Gasteiger partial charge in [-0.1, -0.05) is 6.92 Å². The average Bonchev–Trinajstić information content (AvgIpc) is 3.18. The summed E-state index contributed by atoms with van der Waals surface area (Å²) in [7, 11) is 0. The molecule has 0 atom stereocenters. The molecule has 1 N–H and O–H groups in total. The Labute approximate surface area is 134 Å². The molecule has 0 saturated heterocycles. The van der Waals surface area contributed by atoms with E-state index >= 15 is 0 Å². The van der Waals surface area contributed by atoms with E-state index in [4.69, 9.17) is 4.42 Å². The highest BCUT2D eigenvalue weighted by Crippen LogP contribution is 2.21. The maximum absolute atomic E-state index is 12.4. The third-order valence-electron chi connectivity index (χ3n) is 3.75. The maximum Gasteiger partial charge on any atom is 0.291 e. The first-order valence-corrected chi connectivity index (χ1v) is 7.60. The molecule has 3 aromatic rings. The number of benzene rings is 1. The molecule has 2 heterocycles. The minimum atomic E-state index is -0.225. The molecule has 2 aromatic heterocycles. The number of nitrogens with one attached hydrogen (secondary N) is 1. The second-order valence-electron chi connectivity index (χ2n) is 5.48. The molecule has 1 aromatic carbocycles. The van der Waals surface area contributed by atoms with Gasteiger partial charge < -0.3 is 9.73 Å². The lowest BCUT2D eigenvalue weighted by molar-refractivity contribution is 0.0994. The van der Waals surface area contributed by atoms with Crippen LogP contribution in [0.4, 0.5) is 5.69 Å². The van der Waals surface area contributed by atoms with Gasteiger partial charge in [0.15, 0.2) is 5.76 Å². The van der Waals surface area contributed by atoms with Crippen LogP contribution in [0.25, 0.3) is 5.69 Å². The highest BCUT2D eigenvalue weighted by atomic mass is 16.4. The number of carbonyl (C=O) groups is 1. The zero-order valence-electron chi connectivity index (χ0n) is 13.5. The fraction of sp³-hybridized carbons (Fsp3) is 0.222. The predicted molar refractivity (Wildman–Crippen MR) is 89.1 cm³/mol. The van der Waals surface area contributed by atoms with Gasteiger partial charge in [0.05, 0.1) is 5.69 Å². The summed E-state index contributed by atoms with van der Waals surface area (Å²) in [4.78, 5) is 12.4. The Kier molecular flexibility index (Phi) is 4.02. The van der Waals surface area contributed by atoms with Gasteiger partial charge in [-0.2, -0.15) is 5.10 Å². The van der Waals surface area contributed by atoms with Crippen molar-refractivity contribution in [2.24, 2.45) is 0 Å². The van der Waals surface area contributed by atoms with E-state index in [0.29, 0.717) is 5.76 Å². The van der Waals surface area contributed by atoms with Gasteiger partial charge in [-0.05, 0) is 49.7 Å². The van der Waals surface area contributed by atoms with Gasteiger partial charge in [0.25, 0.3) is 5.91 Å². The van der Waals surface area contributed by atoms with Crippen LogP contribution in [0.2, 0.25) is 0 Å². The number of rotatable bonds is 4. The molecule has 23 heavy (non-hydrogen) atoms. The lowest BCUT2D eigenvalue weighted by Gasteiger charge is -2.10. The minimum Gasteiger partial charge on any atom is -0.456 e. The van der Waals surface area contributed by atoms with Crippen molar-refractivity contribution < 1.29 is 9.21 Å². The Morgan fingerprint density at radius 1 is 1.26 bits per heavy atom. The summed E-state index contributed by atoms with van der Waals surface area (Å²) in [6, 6.07) is 9.55. The Morgan fingerprint density at radius 2 is 2.09 bits per heavy atom. The van der Waals surface area contributed by atoms with Crippen molar-refractivity contribution in [2.45, 2.75) is 27.2 Å². The lowest BCUT2D eigenvalue weighted by Crippen LogP contribution is -2.13. The molecule has 118 valence electrons. The van der Waals surface area contributed by atoms with Crippen molar-refractivity contribution in [3.63, 3.8) is 0 Å². The van der Waals surface area contributed by atoms with Crippen LogP contribution in [0.15, 0.2) is 47.1 Å². The molecule has 0 spiro atoms. The molecule has 0 aliphatic heterocycles. The standard InChI is InChI=1S/C18H19N3O2/c1-4-15-11-13(3)17(23-15)18(22)20-16-7-6-14(10-12(16)2)21-9-5-8-19-21/h5-11H,4H2,1-3H3,(H,20,22). The third kappa shape index (κ3) is 3.04. The van der Waals surface area contributed by atoms with Crippen molar-refractivity contribution >= 4 is 11.6 Å². The first kappa shape index (κ1) is 15.1. The number of aromatic nitrogens is 2. The van der Waals surface area contributed by atoms with E-state index in [2.05, 4.69) is 10.4 Å². The van der Waals surface area contributed by atoms with E-state index in [-0.39, 0.29) is 5.91 Å². The van der Waals surface area contributed by atoms with Crippen LogP contribution in [-0.2, 0) is 6.42 Å². The summed E-state index contributed by atoms with van der Waals surface area (Å²) in [5, 5.41) is 7.12. The van der Waals surface area contributed by atoms with E-state index in [9.17, 15) is 4.79 Å². The maximum atomic E-state index is 12.4. The fourth-order valence-corrected chi connectivity index (χ4v) is 2.48. The first-order chi connectivity index (χ1) is 11.1. The first-order valence-electron chi connectivity index (χ1n) is 7.60. The van der Waals surface area contributed by atoms with E-state index in [1.165, 1.54) is 0 Å². The molecule has 0 saturated carbocycles. The van der Waals surface area contributed by atoms with Crippen molar-refractivity contribution in [2.75, 3.05) is 5.32 Å². The highest BCUT2D eigenvalue weighted by molar-refractivity contribution is 6.03. The van der Waals surface area contributed by atoms with Crippen molar-refractivity contribution in [3.05, 3.63) is 65.4 Å². The molecule has 5 heteroatoms. The van der Waals surface area contributed by atoms with Crippen LogP contribution in [-0.4, -0.2) is 15.7 Å². The molecule has 1 amide bonds. The second-order valence-corrected chi connectivity index (χ2v) is 5.48. The molecule has 0 bridgehead atoms. The zero-order valence-corrected chi connectivity index (χ0v) is 13.5. The van der Waals surface area contributed by atoms with Gasteiger partial charge in [0, 0.05) is 30.1 Å². The number of anilines is 1. The topological polar surface area (TPSA) is 60.1 Å². The lowest BCUT2D eigenvalue weighted by atomic mass is 10.1. The number of aryl methyl sites for hydroxylation is 3. The highest BCUT2D eigenvalue weighted by Gasteiger charge is 2.16. The molecule has 0 aliphatic rings. The largest absolute Gasteiger partial charge is 0.456 e. The molecule has 0 radical (unpaired) electrons. The number of nitrogens with zero attached hydrogens (tertiary/aromatic N) is 2. The Morgan fingerprint density at radius 3 is 2.70 bits per heavy atom. The smallest absolute Gasteiger partial charge is 0.291 e. The summed E-state index contributed by atoms with van der Waals surface area (Å²) in [6.45, 7) is 5.83. The molecular formula is C18H19N3O2. The number of carbonyl (C=O) groups excluding carboxylic acids is 1. The van der Waals surface area contributed by atoms with Gasteiger partial charge in [0.1, 0.15) is 5.76 Å². The predicted octanol–water partition coefficient (Wildman–Crippen LogP) is 3.90. The number of furan rings is 1. The quantitative estimate of drug-likeness (QED) is 0.795. The van der Waals surface area contributed by atoms with Crippen LogP contribution in [0, 0.1) is 13.8 Å². The molecule has 3 rings (SSSR count). The monoisotopic (exact) mass is 309 g/mol. The van der Waals surface area contributed by atoms with Crippen molar-refractivity contribution in [1.82, 2.24) is 9.78 Å². The average molecular weight is 309 g/mol. The third-order valence-corrected chi connectivity index (χ3v) is 3.75. The van der Waals surface area contributed by atoms with Gasteiger partial charge in [-0.15, -0.1) is 0 Å². The normalized spacial score (nSPS) is 10.7. The Balaban J connectivity index is 1.82. The molecule has 0 unspecified atom stereocenters. The Hall–Kier alpha value is -2.82. The summed E-state index contributed by atoms with van der Waals surface area (Å²) >= 11 is 0. The van der Waals surface area contributed by atoms with Crippen molar-refractivity contribution in [1.29, 1.82) is 0 Å².